The minimum Gasteiger partial charge on any atom is -0.444 e. The highest BCUT2D eigenvalue weighted by Gasteiger charge is 2.26. The average molecular weight is 326 g/mol. The number of ether oxygens (including phenoxy) is 1. The number of nitrogens with one attached hydrogen (secondary N) is 2. The monoisotopic (exact) mass is 326 g/mol. The fraction of sp³-hybridized carbons (Fsp3) is 0.167. The number of rotatable bonds is 4. The third kappa shape index (κ3) is 4.42. The Morgan fingerprint density at radius 2 is 1.71 bits per heavy atom. The Labute approximate surface area is 139 Å². The lowest BCUT2D eigenvalue weighted by Gasteiger charge is -2.17. The molecule has 24 heavy (non-hydrogen) atoms. The molecule has 0 bridgehead atoms. The van der Waals surface area contributed by atoms with Crippen LogP contribution in [0.25, 0.3) is 0 Å². The molecule has 0 heterocycles. The van der Waals surface area contributed by atoms with Crippen molar-refractivity contribution >= 4 is 17.9 Å². The Hall–Kier alpha value is -3.15. The molecule has 2 aromatic rings. The molecule has 124 valence electrons. The van der Waals surface area contributed by atoms with E-state index in [1.54, 1.807) is 48.5 Å². The third-order valence-corrected chi connectivity index (χ3v) is 3.28. The van der Waals surface area contributed by atoms with E-state index in [-0.39, 0.29) is 0 Å². The van der Waals surface area contributed by atoms with E-state index in [9.17, 15) is 14.4 Å². The van der Waals surface area contributed by atoms with Crippen LogP contribution >= 0.6 is 0 Å². The van der Waals surface area contributed by atoms with E-state index >= 15 is 0 Å². The van der Waals surface area contributed by atoms with Crippen LogP contribution in [-0.4, -0.2) is 25.0 Å². The second-order valence-corrected chi connectivity index (χ2v) is 5.13. The highest BCUT2D eigenvalue weighted by Crippen LogP contribution is 2.20. The standard InChI is InChI=1S/C18H18N2O4/c1-12-7-6-10-14(11-12)17(22)24-15(13-8-4-3-5-9-13)16(21)20-18(23)19-2/h3-11,15H,1-2H3,(H2,19,20,21,23)/t15-/m1/s1. The van der Waals surface area contributed by atoms with Crippen LogP contribution in [0.5, 0.6) is 0 Å². The van der Waals surface area contributed by atoms with Crippen molar-refractivity contribution in [3.8, 4) is 0 Å². The maximum atomic E-state index is 12.3. The lowest BCUT2D eigenvalue weighted by molar-refractivity contribution is -0.129. The van der Waals surface area contributed by atoms with E-state index in [0.29, 0.717) is 11.1 Å². The zero-order valence-corrected chi connectivity index (χ0v) is 13.4. The lowest BCUT2D eigenvalue weighted by atomic mass is 10.1. The molecule has 0 radical (unpaired) electrons. The highest BCUT2D eigenvalue weighted by molar-refractivity contribution is 5.99. The van der Waals surface area contributed by atoms with Crippen molar-refractivity contribution in [3.05, 3.63) is 71.3 Å². The Kier molecular flexibility index (Phi) is 5.68. The van der Waals surface area contributed by atoms with Crippen molar-refractivity contribution in [2.45, 2.75) is 13.0 Å². The van der Waals surface area contributed by atoms with Crippen molar-refractivity contribution < 1.29 is 19.1 Å². The van der Waals surface area contributed by atoms with Crippen LogP contribution in [0.1, 0.15) is 27.6 Å². The molecule has 2 aromatic carbocycles. The van der Waals surface area contributed by atoms with Crippen molar-refractivity contribution in [3.63, 3.8) is 0 Å². The van der Waals surface area contributed by atoms with Gasteiger partial charge in [0.25, 0.3) is 5.91 Å². The largest absolute Gasteiger partial charge is 0.444 e. The van der Waals surface area contributed by atoms with Gasteiger partial charge in [0.2, 0.25) is 6.10 Å². The quantitative estimate of drug-likeness (QED) is 0.845. The molecule has 2 rings (SSSR count). The molecule has 0 aromatic heterocycles. The molecular weight excluding hydrogens is 308 g/mol. The molecule has 2 N–H and O–H groups in total. The van der Waals surface area contributed by atoms with Gasteiger partial charge < -0.3 is 10.1 Å². The third-order valence-electron chi connectivity index (χ3n) is 3.28. The second-order valence-electron chi connectivity index (χ2n) is 5.13. The zero-order chi connectivity index (χ0) is 17.5. The predicted molar refractivity (Wildman–Crippen MR) is 88.4 cm³/mol. The van der Waals surface area contributed by atoms with Crippen molar-refractivity contribution in [2.75, 3.05) is 7.05 Å². The van der Waals surface area contributed by atoms with E-state index in [4.69, 9.17) is 4.74 Å². The molecule has 6 heteroatoms. The minimum absolute atomic E-state index is 0.337. The van der Waals surface area contributed by atoms with Crippen molar-refractivity contribution in [1.29, 1.82) is 0 Å². The van der Waals surface area contributed by atoms with Crippen LogP contribution < -0.4 is 10.6 Å². The molecule has 0 aliphatic carbocycles. The molecule has 0 unspecified atom stereocenters. The fourth-order valence-electron chi connectivity index (χ4n) is 2.09. The summed E-state index contributed by atoms with van der Waals surface area (Å²) in [6.07, 6.45) is -1.23. The van der Waals surface area contributed by atoms with Gasteiger partial charge in [0.05, 0.1) is 5.56 Å². The molecule has 0 aliphatic heterocycles. The van der Waals surface area contributed by atoms with Crippen LogP contribution in [0.4, 0.5) is 4.79 Å². The van der Waals surface area contributed by atoms with Crippen molar-refractivity contribution in [2.24, 2.45) is 0 Å². The van der Waals surface area contributed by atoms with Crippen LogP contribution in [0.15, 0.2) is 54.6 Å². The summed E-state index contributed by atoms with van der Waals surface area (Å²) >= 11 is 0. The van der Waals surface area contributed by atoms with E-state index in [1.807, 2.05) is 13.0 Å². The smallest absolute Gasteiger partial charge is 0.339 e. The van der Waals surface area contributed by atoms with E-state index in [0.717, 1.165) is 5.56 Å². The summed E-state index contributed by atoms with van der Waals surface area (Å²) in [7, 11) is 1.39. The number of hydrogen-bond acceptors (Lipinski definition) is 4. The van der Waals surface area contributed by atoms with Gasteiger partial charge in [-0.3, -0.25) is 10.1 Å². The number of aryl methyl sites for hydroxylation is 1. The van der Waals surface area contributed by atoms with Crippen LogP contribution in [0, 0.1) is 6.92 Å². The van der Waals surface area contributed by atoms with E-state index in [1.165, 1.54) is 7.05 Å². The summed E-state index contributed by atoms with van der Waals surface area (Å²) in [5, 5.41) is 4.41. The number of hydrogen-bond donors (Lipinski definition) is 2. The van der Waals surface area contributed by atoms with Gasteiger partial charge in [0.1, 0.15) is 0 Å². The Morgan fingerprint density at radius 3 is 2.33 bits per heavy atom. The molecule has 0 saturated carbocycles. The molecule has 0 saturated heterocycles. The SMILES string of the molecule is CNC(=O)NC(=O)[C@H](OC(=O)c1cccc(C)c1)c1ccccc1. The summed E-state index contributed by atoms with van der Waals surface area (Å²) < 4.78 is 5.35. The number of benzene rings is 2. The molecule has 0 spiro atoms. The number of imide groups is 1. The summed E-state index contributed by atoms with van der Waals surface area (Å²) in [5.41, 5.74) is 1.71. The Balaban J connectivity index is 2.24. The lowest BCUT2D eigenvalue weighted by Crippen LogP contribution is -2.41. The highest BCUT2D eigenvalue weighted by atomic mass is 16.5. The Bertz CT molecular complexity index is 744. The summed E-state index contributed by atoms with van der Waals surface area (Å²) in [6.45, 7) is 1.85. The summed E-state index contributed by atoms with van der Waals surface area (Å²) in [4.78, 5) is 36.0. The van der Waals surface area contributed by atoms with Gasteiger partial charge in [-0.2, -0.15) is 0 Å². The van der Waals surface area contributed by atoms with Crippen molar-refractivity contribution in [1.82, 2.24) is 10.6 Å². The van der Waals surface area contributed by atoms with E-state index in [2.05, 4.69) is 10.6 Å². The summed E-state index contributed by atoms with van der Waals surface area (Å²) in [5.74, 6) is -1.36. The van der Waals surface area contributed by atoms with Crippen LogP contribution in [0.2, 0.25) is 0 Å². The normalized spacial score (nSPS) is 11.2. The second kappa shape index (κ2) is 7.92. The first kappa shape index (κ1) is 17.2. The molecule has 0 aliphatic rings. The first-order valence-corrected chi connectivity index (χ1v) is 7.36. The van der Waals surface area contributed by atoms with Gasteiger partial charge >= 0.3 is 12.0 Å². The predicted octanol–water partition coefficient (Wildman–Crippen LogP) is 2.35. The zero-order valence-electron chi connectivity index (χ0n) is 13.4. The number of amides is 3. The minimum atomic E-state index is -1.23. The average Bonchev–Trinajstić information content (AvgIpc) is 2.59. The Morgan fingerprint density at radius 1 is 1.00 bits per heavy atom. The number of urea groups is 1. The van der Waals surface area contributed by atoms with Gasteiger partial charge in [0.15, 0.2) is 0 Å². The maximum Gasteiger partial charge on any atom is 0.339 e. The fourth-order valence-corrected chi connectivity index (χ4v) is 2.09. The van der Waals surface area contributed by atoms with Gasteiger partial charge in [-0.15, -0.1) is 0 Å². The van der Waals surface area contributed by atoms with Crippen LogP contribution in [-0.2, 0) is 9.53 Å². The first-order valence-electron chi connectivity index (χ1n) is 7.36. The molecule has 3 amide bonds. The first-order chi connectivity index (χ1) is 11.5. The number of carbonyl (C=O) groups is 3. The van der Waals surface area contributed by atoms with Crippen LogP contribution in [0.3, 0.4) is 0 Å². The molecule has 1 atom stereocenters. The molecular formula is C18H18N2O4. The van der Waals surface area contributed by atoms with Gasteiger partial charge in [-0.05, 0) is 19.1 Å². The summed E-state index contributed by atoms with van der Waals surface area (Å²) in [6, 6.07) is 14.7. The van der Waals surface area contributed by atoms with Gasteiger partial charge in [0, 0.05) is 12.6 Å². The van der Waals surface area contributed by atoms with Gasteiger partial charge in [-0.25, -0.2) is 9.59 Å². The van der Waals surface area contributed by atoms with E-state index < -0.39 is 24.0 Å². The topological polar surface area (TPSA) is 84.5 Å². The number of carbonyl (C=O) groups excluding carboxylic acids is 3. The molecule has 6 nitrogen and oxygen atoms in total. The maximum absolute atomic E-state index is 12.3. The molecule has 0 fully saturated rings. The van der Waals surface area contributed by atoms with Gasteiger partial charge in [-0.1, -0.05) is 48.0 Å². The number of esters is 1.